The summed E-state index contributed by atoms with van der Waals surface area (Å²) in [7, 11) is -3.69. The summed E-state index contributed by atoms with van der Waals surface area (Å²) in [5.74, 6) is 0.313. The summed E-state index contributed by atoms with van der Waals surface area (Å²) in [6.07, 6.45) is 4.80. The maximum absolute atomic E-state index is 13.7. The van der Waals surface area contributed by atoms with Crippen molar-refractivity contribution in [3.63, 3.8) is 0 Å². The van der Waals surface area contributed by atoms with E-state index in [0.29, 0.717) is 64.9 Å². The Morgan fingerprint density at radius 3 is 2.33 bits per heavy atom. The summed E-state index contributed by atoms with van der Waals surface area (Å²) in [5.41, 5.74) is 2.80. The van der Waals surface area contributed by atoms with Crippen LogP contribution in [-0.2, 0) is 19.6 Å². The molecule has 0 saturated carbocycles. The number of hydrogen-bond donors (Lipinski definition) is 0. The highest BCUT2D eigenvalue weighted by Crippen LogP contribution is 2.35. The molecule has 6 rings (SSSR count). The lowest BCUT2D eigenvalue weighted by Gasteiger charge is -2.35. The highest BCUT2D eigenvalue weighted by molar-refractivity contribution is 8.18. The number of para-hydroxylation sites is 1. The molecule has 11 heteroatoms. The number of nitrogens with zero attached hydrogens (tertiary/aromatic N) is 5. The molecule has 0 spiro atoms. The summed E-state index contributed by atoms with van der Waals surface area (Å²) >= 11 is 1.35. The number of morpholine rings is 1. The maximum Gasteiger partial charge on any atom is 0.286 e. The fourth-order valence-corrected chi connectivity index (χ4v) is 8.84. The van der Waals surface area contributed by atoms with Gasteiger partial charge in [0.2, 0.25) is 10.0 Å². The Labute approximate surface area is 257 Å². The van der Waals surface area contributed by atoms with Gasteiger partial charge in [-0.15, -0.1) is 0 Å². The second-order valence-corrected chi connectivity index (χ2v) is 14.9. The zero-order chi connectivity index (χ0) is 30.3. The van der Waals surface area contributed by atoms with Crippen LogP contribution in [-0.4, -0.2) is 76.9 Å². The number of aromatic nitrogens is 2. The maximum atomic E-state index is 13.7. The molecular weight excluding hydrogens is 583 g/mol. The van der Waals surface area contributed by atoms with Crippen LogP contribution in [0.25, 0.3) is 23.0 Å². The van der Waals surface area contributed by atoms with E-state index in [9.17, 15) is 13.2 Å². The summed E-state index contributed by atoms with van der Waals surface area (Å²) in [4.78, 5) is 20.3. The molecule has 3 aromatic rings. The minimum atomic E-state index is -3.69. The van der Waals surface area contributed by atoms with Crippen molar-refractivity contribution in [3.05, 3.63) is 71.3 Å². The van der Waals surface area contributed by atoms with E-state index < -0.39 is 10.0 Å². The number of carbonyl (C=O) groups excluding carboxylic acids is 1. The van der Waals surface area contributed by atoms with E-state index in [-0.39, 0.29) is 23.0 Å². The zero-order valence-corrected chi connectivity index (χ0v) is 26.5. The number of amidine groups is 1. The van der Waals surface area contributed by atoms with Crippen molar-refractivity contribution in [1.29, 1.82) is 0 Å². The summed E-state index contributed by atoms with van der Waals surface area (Å²) < 4.78 is 36.7. The summed E-state index contributed by atoms with van der Waals surface area (Å²) in [5, 5.41) is 5.56. The highest BCUT2D eigenvalue weighted by Gasteiger charge is 2.33. The van der Waals surface area contributed by atoms with Gasteiger partial charge in [-0.1, -0.05) is 44.2 Å². The Morgan fingerprint density at radius 1 is 0.930 bits per heavy atom. The van der Waals surface area contributed by atoms with Gasteiger partial charge in [0.05, 0.1) is 27.7 Å². The topological polar surface area (TPSA) is 97.1 Å². The molecule has 226 valence electrons. The fourth-order valence-electron chi connectivity index (χ4n) is 6.19. The monoisotopic (exact) mass is 619 g/mol. The molecule has 0 radical (unpaired) electrons. The van der Waals surface area contributed by atoms with Crippen LogP contribution in [0.1, 0.15) is 39.7 Å². The number of piperidine rings is 1. The minimum absolute atomic E-state index is 0.0470. The van der Waals surface area contributed by atoms with Gasteiger partial charge in [0.1, 0.15) is 5.69 Å². The number of sulfonamides is 1. The Hall–Kier alpha value is -3.25. The van der Waals surface area contributed by atoms with Crippen molar-refractivity contribution in [1.82, 2.24) is 19.0 Å². The Kier molecular flexibility index (Phi) is 8.34. The van der Waals surface area contributed by atoms with Crippen LogP contribution in [0.15, 0.2) is 75.6 Å². The van der Waals surface area contributed by atoms with Gasteiger partial charge in [-0.05, 0) is 74.2 Å². The molecule has 0 N–H and O–H groups in total. The molecule has 3 aliphatic heterocycles. The molecule has 43 heavy (non-hydrogen) atoms. The predicted octanol–water partition coefficient (Wildman–Crippen LogP) is 5.29. The van der Waals surface area contributed by atoms with E-state index in [1.807, 2.05) is 62.5 Å². The van der Waals surface area contributed by atoms with Crippen LogP contribution < -0.4 is 0 Å². The quantitative estimate of drug-likeness (QED) is 0.358. The molecule has 1 amide bonds. The van der Waals surface area contributed by atoms with Gasteiger partial charge in [0, 0.05) is 43.5 Å². The molecule has 3 aliphatic rings. The van der Waals surface area contributed by atoms with Crippen molar-refractivity contribution in [2.24, 2.45) is 16.8 Å². The molecule has 4 atom stereocenters. The molecular formula is C32H37N5O4S2. The Balaban J connectivity index is 1.36. The van der Waals surface area contributed by atoms with Gasteiger partial charge < -0.3 is 9.64 Å². The first-order chi connectivity index (χ1) is 20.6. The average molecular weight is 620 g/mol. The highest BCUT2D eigenvalue weighted by atomic mass is 32.2. The summed E-state index contributed by atoms with van der Waals surface area (Å²) in [6.45, 7) is 10.6. The molecule has 2 aromatic carbocycles. The molecule has 9 nitrogen and oxygen atoms in total. The number of amides is 1. The van der Waals surface area contributed by atoms with Gasteiger partial charge in [0.25, 0.3) is 5.91 Å². The lowest BCUT2D eigenvalue weighted by molar-refractivity contribution is -0.113. The van der Waals surface area contributed by atoms with Crippen LogP contribution in [0.2, 0.25) is 0 Å². The fraction of sp³-hybridized carbons (Fsp3) is 0.406. The minimum Gasteiger partial charge on any atom is -0.372 e. The zero-order valence-electron chi connectivity index (χ0n) is 24.9. The second kappa shape index (κ2) is 12.0. The first-order valence-electron chi connectivity index (χ1n) is 14.8. The SMILES string of the molecule is CC1CC(C)CN(S(=O)(=O)c2cccc(-c3nn(-c4ccccc4)cc3C=C3SC(N4CC(C)OC(C)C4)=NC3=O)c2)C1. The van der Waals surface area contributed by atoms with Crippen molar-refractivity contribution >= 4 is 38.9 Å². The molecule has 4 unspecified atom stereocenters. The number of benzene rings is 2. The number of ether oxygens (including phenoxy) is 1. The van der Waals surface area contributed by atoms with Crippen LogP contribution in [0.3, 0.4) is 0 Å². The smallest absolute Gasteiger partial charge is 0.286 e. The van der Waals surface area contributed by atoms with E-state index in [4.69, 9.17) is 9.84 Å². The van der Waals surface area contributed by atoms with Crippen molar-refractivity contribution in [2.75, 3.05) is 26.2 Å². The molecule has 0 aliphatic carbocycles. The van der Waals surface area contributed by atoms with Crippen LogP contribution >= 0.6 is 11.8 Å². The standard InChI is InChI=1S/C32H37N5O4S2/c1-21-13-22(2)17-36(16-21)43(39,40)28-12-8-9-25(14-28)30-26(20-37(34-30)27-10-6-5-7-11-27)15-29-31(38)33-32(42-29)35-18-23(3)41-24(4)19-35/h5-12,14-15,20-24H,13,16-19H2,1-4H3. The first kappa shape index (κ1) is 29.8. The molecule has 1 aromatic heterocycles. The van der Waals surface area contributed by atoms with E-state index in [1.165, 1.54) is 11.8 Å². The summed E-state index contributed by atoms with van der Waals surface area (Å²) in [6, 6.07) is 16.7. The van der Waals surface area contributed by atoms with Gasteiger partial charge in [-0.2, -0.15) is 14.4 Å². The number of rotatable bonds is 5. The molecule has 2 saturated heterocycles. The third-order valence-electron chi connectivity index (χ3n) is 7.93. The molecule has 0 bridgehead atoms. The van der Waals surface area contributed by atoms with Gasteiger partial charge in [-0.25, -0.2) is 13.1 Å². The lowest BCUT2D eigenvalue weighted by Crippen LogP contribution is -2.47. The number of hydrogen-bond acceptors (Lipinski definition) is 7. The largest absolute Gasteiger partial charge is 0.372 e. The third kappa shape index (κ3) is 6.35. The van der Waals surface area contributed by atoms with Crippen LogP contribution in [0.5, 0.6) is 0 Å². The third-order valence-corrected chi connectivity index (χ3v) is 10.8. The van der Waals surface area contributed by atoms with Crippen LogP contribution in [0.4, 0.5) is 0 Å². The second-order valence-electron chi connectivity index (χ2n) is 12.0. The van der Waals surface area contributed by atoms with Crippen molar-refractivity contribution in [2.45, 2.75) is 51.2 Å². The lowest BCUT2D eigenvalue weighted by atomic mass is 9.94. The van der Waals surface area contributed by atoms with Gasteiger partial charge in [-0.3, -0.25) is 4.79 Å². The number of carbonyl (C=O) groups is 1. The van der Waals surface area contributed by atoms with E-state index in [1.54, 1.807) is 27.2 Å². The van der Waals surface area contributed by atoms with E-state index >= 15 is 0 Å². The predicted molar refractivity (Wildman–Crippen MR) is 170 cm³/mol. The molecule has 2 fully saturated rings. The average Bonchev–Trinajstić information content (AvgIpc) is 3.56. The van der Waals surface area contributed by atoms with E-state index in [0.717, 1.165) is 12.1 Å². The van der Waals surface area contributed by atoms with Crippen molar-refractivity contribution in [3.8, 4) is 16.9 Å². The van der Waals surface area contributed by atoms with E-state index in [2.05, 4.69) is 23.7 Å². The number of thioether (sulfide) groups is 1. The normalized spacial score (nSPS) is 26.2. The van der Waals surface area contributed by atoms with Gasteiger partial charge in [0.15, 0.2) is 5.17 Å². The molecule has 4 heterocycles. The Bertz CT molecular complexity index is 1660. The number of aliphatic imine (C=N–C) groups is 1. The first-order valence-corrected chi connectivity index (χ1v) is 17.0. The van der Waals surface area contributed by atoms with Crippen molar-refractivity contribution < 1.29 is 17.9 Å². The van der Waals surface area contributed by atoms with Crippen LogP contribution in [0, 0.1) is 11.8 Å². The van der Waals surface area contributed by atoms with Gasteiger partial charge >= 0.3 is 0 Å². The Morgan fingerprint density at radius 2 is 1.63 bits per heavy atom.